The molecule has 0 bridgehead atoms. The fraction of sp³-hybridized carbons (Fsp3) is 0.105. The first-order chi connectivity index (χ1) is 11.1. The van der Waals surface area contributed by atoms with Crippen molar-refractivity contribution in [2.45, 2.75) is 6.92 Å². The second kappa shape index (κ2) is 7.71. The van der Waals surface area contributed by atoms with Gasteiger partial charge in [-0.3, -0.25) is 9.59 Å². The van der Waals surface area contributed by atoms with Crippen LogP contribution in [0.5, 0.6) is 0 Å². The van der Waals surface area contributed by atoms with E-state index in [9.17, 15) is 9.59 Å². The molecule has 1 atom stereocenters. The van der Waals surface area contributed by atoms with Gasteiger partial charge in [0.2, 0.25) is 5.91 Å². The molecule has 0 saturated carbocycles. The normalized spacial score (nSPS) is 11.7. The summed E-state index contributed by atoms with van der Waals surface area (Å²) in [7, 11) is 0. The van der Waals surface area contributed by atoms with Crippen LogP contribution in [0.15, 0.2) is 60.7 Å². The number of carbonyl (C=O) groups is 2. The number of hydrogen-bond acceptors (Lipinski definition) is 3. The minimum atomic E-state index is -1.36. The maximum Gasteiger partial charge on any atom is 0.249 e. The van der Waals surface area contributed by atoms with Gasteiger partial charge < -0.3 is 5.32 Å². The molecule has 0 saturated heterocycles. The Morgan fingerprint density at radius 2 is 1.74 bits per heavy atom. The van der Waals surface area contributed by atoms with E-state index in [1.165, 1.54) is 6.08 Å². The molecule has 0 aliphatic heterocycles. The van der Waals surface area contributed by atoms with Crippen LogP contribution in [0.2, 0.25) is 0 Å². The summed E-state index contributed by atoms with van der Waals surface area (Å²) in [6.07, 6.45) is 2.85. The minimum Gasteiger partial charge on any atom is -0.325 e. The third kappa shape index (κ3) is 4.65. The van der Waals surface area contributed by atoms with E-state index in [1.807, 2.05) is 49.4 Å². The quantitative estimate of drug-likeness (QED) is 0.680. The zero-order valence-corrected chi connectivity index (χ0v) is 12.7. The first-order valence-electron chi connectivity index (χ1n) is 7.14. The Balaban J connectivity index is 2.05. The molecule has 0 aliphatic rings. The number of hydrogen-bond donors (Lipinski definition) is 1. The highest BCUT2D eigenvalue weighted by molar-refractivity contribution is 6.14. The summed E-state index contributed by atoms with van der Waals surface area (Å²) in [6, 6.07) is 18.1. The van der Waals surface area contributed by atoms with Gasteiger partial charge in [-0.15, -0.1) is 0 Å². The molecule has 2 aromatic rings. The predicted molar refractivity (Wildman–Crippen MR) is 89.4 cm³/mol. The lowest BCUT2D eigenvalue weighted by atomic mass is 10.0. The highest BCUT2D eigenvalue weighted by Crippen LogP contribution is 2.11. The van der Waals surface area contributed by atoms with E-state index in [1.54, 1.807) is 24.3 Å². The molecule has 1 unspecified atom stereocenters. The number of rotatable bonds is 5. The number of benzene rings is 2. The van der Waals surface area contributed by atoms with E-state index in [-0.39, 0.29) is 0 Å². The monoisotopic (exact) mass is 304 g/mol. The van der Waals surface area contributed by atoms with Crippen LogP contribution in [-0.4, -0.2) is 11.7 Å². The molecule has 0 spiro atoms. The highest BCUT2D eigenvalue weighted by atomic mass is 16.2. The first-order valence-corrected chi connectivity index (χ1v) is 7.14. The number of allylic oxidation sites excluding steroid dienone is 1. The van der Waals surface area contributed by atoms with Crippen molar-refractivity contribution < 1.29 is 9.59 Å². The summed E-state index contributed by atoms with van der Waals surface area (Å²) in [5, 5.41) is 11.7. The molecule has 4 nitrogen and oxygen atoms in total. The first kappa shape index (κ1) is 16.2. The molecule has 4 heteroatoms. The van der Waals surface area contributed by atoms with Gasteiger partial charge in [-0.1, -0.05) is 54.1 Å². The SMILES string of the molecule is Cc1ccc(NC(=O)C(C#N)C(=O)/C=C/c2ccccc2)cc1. The Morgan fingerprint density at radius 1 is 1.09 bits per heavy atom. The summed E-state index contributed by atoms with van der Waals surface area (Å²) in [4.78, 5) is 24.2. The average Bonchev–Trinajstić information content (AvgIpc) is 2.57. The maximum absolute atomic E-state index is 12.1. The number of aryl methyl sites for hydroxylation is 1. The van der Waals surface area contributed by atoms with Gasteiger partial charge in [-0.25, -0.2) is 0 Å². The Morgan fingerprint density at radius 3 is 2.35 bits per heavy atom. The standard InChI is InChI=1S/C19H16N2O2/c1-14-7-10-16(11-8-14)21-19(23)17(13-20)18(22)12-9-15-5-3-2-4-6-15/h2-12,17H,1H3,(H,21,23)/b12-9+. The Hall–Kier alpha value is -3.19. The fourth-order valence-electron chi connectivity index (χ4n) is 1.94. The van der Waals surface area contributed by atoms with Gasteiger partial charge in [0.15, 0.2) is 11.7 Å². The van der Waals surface area contributed by atoms with Gasteiger partial charge in [0.25, 0.3) is 0 Å². The summed E-state index contributed by atoms with van der Waals surface area (Å²) < 4.78 is 0. The Bertz CT molecular complexity index is 756. The van der Waals surface area contributed by atoms with Crippen molar-refractivity contribution in [3.05, 3.63) is 71.8 Å². The van der Waals surface area contributed by atoms with Crippen molar-refractivity contribution in [2.24, 2.45) is 5.92 Å². The summed E-state index contributed by atoms with van der Waals surface area (Å²) in [5.41, 5.74) is 2.44. The molecule has 114 valence electrons. The summed E-state index contributed by atoms with van der Waals surface area (Å²) >= 11 is 0. The van der Waals surface area contributed by atoms with Crippen molar-refractivity contribution in [3.8, 4) is 6.07 Å². The second-order valence-corrected chi connectivity index (χ2v) is 5.06. The van der Waals surface area contributed by atoms with Crippen LogP contribution in [0.4, 0.5) is 5.69 Å². The number of nitrogens with zero attached hydrogens (tertiary/aromatic N) is 1. The number of nitrogens with one attached hydrogen (secondary N) is 1. The number of anilines is 1. The molecule has 2 rings (SSSR count). The lowest BCUT2D eigenvalue weighted by molar-refractivity contribution is -0.126. The second-order valence-electron chi connectivity index (χ2n) is 5.06. The maximum atomic E-state index is 12.1. The average molecular weight is 304 g/mol. The number of amides is 1. The van der Waals surface area contributed by atoms with Crippen LogP contribution in [-0.2, 0) is 9.59 Å². The molecule has 1 N–H and O–H groups in total. The molecule has 0 radical (unpaired) electrons. The fourth-order valence-corrected chi connectivity index (χ4v) is 1.94. The molecule has 2 aromatic carbocycles. The Kier molecular flexibility index (Phi) is 5.43. The zero-order chi connectivity index (χ0) is 16.7. The van der Waals surface area contributed by atoms with Crippen molar-refractivity contribution in [3.63, 3.8) is 0 Å². The van der Waals surface area contributed by atoms with Crippen LogP contribution in [0.25, 0.3) is 6.08 Å². The third-order valence-electron chi connectivity index (χ3n) is 3.23. The topological polar surface area (TPSA) is 70.0 Å². The molecular weight excluding hydrogens is 288 g/mol. The van der Waals surface area contributed by atoms with Gasteiger partial charge in [0, 0.05) is 5.69 Å². The zero-order valence-electron chi connectivity index (χ0n) is 12.7. The van der Waals surface area contributed by atoms with Crippen LogP contribution in [0.1, 0.15) is 11.1 Å². The van der Waals surface area contributed by atoms with Gasteiger partial charge in [-0.2, -0.15) is 5.26 Å². The Labute approximate surface area is 135 Å². The van der Waals surface area contributed by atoms with E-state index >= 15 is 0 Å². The van der Waals surface area contributed by atoms with Crippen molar-refractivity contribution in [2.75, 3.05) is 5.32 Å². The van der Waals surface area contributed by atoms with Crippen molar-refractivity contribution in [1.29, 1.82) is 5.26 Å². The van der Waals surface area contributed by atoms with Crippen LogP contribution in [0.3, 0.4) is 0 Å². The molecular formula is C19H16N2O2. The molecule has 0 aliphatic carbocycles. The minimum absolute atomic E-state index is 0.541. The van der Waals surface area contributed by atoms with Gasteiger partial charge in [0.1, 0.15) is 0 Å². The van der Waals surface area contributed by atoms with E-state index < -0.39 is 17.6 Å². The lowest BCUT2D eigenvalue weighted by Crippen LogP contribution is -2.27. The van der Waals surface area contributed by atoms with Gasteiger partial charge in [0.05, 0.1) is 6.07 Å². The van der Waals surface area contributed by atoms with E-state index in [2.05, 4.69) is 5.32 Å². The number of ketones is 1. The van der Waals surface area contributed by atoms with Crippen LogP contribution >= 0.6 is 0 Å². The van der Waals surface area contributed by atoms with Crippen molar-refractivity contribution in [1.82, 2.24) is 0 Å². The molecule has 0 aromatic heterocycles. The van der Waals surface area contributed by atoms with Crippen LogP contribution < -0.4 is 5.32 Å². The van der Waals surface area contributed by atoms with E-state index in [0.717, 1.165) is 11.1 Å². The summed E-state index contributed by atoms with van der Waals surface area (Å²) in [6.45, 7) is 1.93. The smallest absolute Gasteiger partial charge is 0.249 e. The third-order valence-corrected chi connectivity index (χ3v) is 3.23. The van der Waals surface area contributed by atoms with Gasteiger partial charge in [-0.05, 0) is 30.7 Å². The molecule has 0 fully saturated rings. The highest BCUT2D eigenvalue weighted by Gasteiger charge is 2.24. The summed E-state index contributed by atoms with van der Waals surface area (Å²) in [5.74, 6) is -2.53. The van der Waals surface area contributed by atoms with Crippen LogP contribution in [0, 0.1) is 24.2 Å². The number of nitriles is 1. The molecule has 1 amide bonds. The lowest BCUT2D eigenvalue weighted by Gasteiger charge is -2.08. The van der Waals surface area contributed by atoms with E-state index in [4.69, 9.17) is 5.26 Å². The van der Waals surface area contributed by atoms with Crippen molar-refractivity contribution >= 4 is 23.5 Å². The largest absolute Gasteiger partial charge is 0.325 e. The predicted octanol–water partition coefficient (Wildman–Crippen LogP) is 3.36. The van der Waals surface area contributed by atoms with Gasteiger partial charge >= 0.3 is 0 Å². The molecule has 0 heterocycles. The number of carbonyl (C=O) groups excluding carboxylic acids is 2. The van der Waals surface area contributed by atoms with E-state index in [0.29, 0.717) is 5.69 Å². The molecule has 23 heavy (non-hydrogen) atoms.